The number of likely N-dealkylation sites (tertiary alicyclic amines) is 1. The van der Waals surface area contributed by atoms with Gasteiger partial charge in [-0.25, -0.2) is 14.8 Å². The number of nitrogens with one attached hydrogen (secondary N) is 1. The predicted molar refractivity (Wildman–Crippen MR) is 179 cm³/mol. The first-order valence-electron chi connectivity index (χ1n) is 15.6. The Hall–Kier alpha value is -4.69. The van der Waals surface area contributed by atoms with Crippen molar-refractivity contribution in [3.05, 3.63) is 126 Å². The van der Waals surface area contributed by atoms with Crippen molar-refractivity contribution >= 4 is 22.9 Å². The molecule has 5 aromatic rings. The van der Waals surface area contributed by atoms with Crippen molar-refractivity contribution in [2.75, 3.05) is 32.5 Å². The Labute approximate surface area is 265 Å². The summed E-state index contributed by atoms with van der Waals surface area (Å²) in [6.07, 6.45) is 4.32. The molecule has 45 heavy (non-hydrogen) atoms. The summed E-state index contributed by atoms with van der Waals surface area (Å²) in [5, 5.41) is 4.62. The first kappa shape index (κ1) is 30.3. The number of fused-ring (bicyclic) bond motifs is 1. The van der Waals surface area contributed by atoms with Gasteiger partial charge in [-0.15, -0.1) is 0 Å². The topological polar surface area (TPSA) is 75.5 Å². The van der Waals surface area contributed by atoms with E-state index in [1.165, 1.54) is 0 Å². The average Bonchev–Trinajstić information content (AvgIpc) is 3.47. The average molecular weight is 603 g/mol. The smallest absolute Gasteiger partial charge is 0.410 e. The highest BCUT2D eigenvalue weighted by molar-refractivity contribution is 5.88. The molecule has 3 aromatic carbocycles. The molecule has 0 bridgehead atoms. The molecule has 0 unspecified atom stereocenters. The standard InChI is InChI=1S/C37H42N6O2/c1-36(2,3)45-35(44)42-24-30(23-31(25-42)41(4)5)40-33-32-21-22-43(34(32)39-26-38-33)37(27-15-9-6-10-16-27,28-17-11-7-12-18-28)29-19-13-8-14-20-29/h6-22,26,30-31H,23-25H2,1-5H3,(H,38,39,40)/t30-,31+/m1/s1. The van der Waals surface area contributed by atoms with E-state index in [0.29, 0.717) is 13.1 Å². The van der Waals surface area contributed by atoms with Gasteiger partial charge >= 0.3 is 6.09 Å². The summed E-state index contributed by atoms with van der Waals surface area (Å²) in [4.78, 5) is 26.7. The van der Waals surface area contributed by atoms with E-state index in [4.69, 9.17) is 14.7 Å². The van der Waals surface area contributed by atoms with Crippen LogP contribution < -0.4 is 5.32 Å². The fourth-order valence-electron chi connectivity index (χ4n) is 6.51. The van der Waals surface area contributed by atoms with Crippen LogP contribution in [-0.4, -0.2) is 75.3 Å². The number of likely N-dealkylation sites (N-methyl/N-ethyl adjacent to an activating group) is 1. The van der Waals surface area contributed by atoms with Gasteiger partial charge in [0, 0.05) is 31.4 Å². The molecule has 6 rings (SSSR count). The maximum atomic E-state index is 13.1. The third-order valence-electron chi connectivity index (χ3n) is 8.57. The molecule has 0 radical (unpaired) electrons. The summed E-state index contributed by atoms with van der Waals surface area (Å²) in [5.74, 6) is 0.746. The minimum Gasteiger partial charge on any atom is -0.444 e. The number of hydrogen-bond donors (Lipinski definition) is 1. The Morgan fingerprint density at radius 3 is 1.89 bits per heavy atom. The van der Waals surface area contributed by atoms with E-state index >= 15 is 0 Å². The van der Waals surface area contributed by atoms with Crippen LogP contribution in [0.15, 0.2) is 110 Å². The van der Waals surface area contributed by atoms with E-state index in [0.717, 1.165) is 40.0 Å². The lowest BCUT2D eigenvalue weighted by Crippen LogP contribution is -2.55. The van der Waals surface area contributed by atoms with Crippen LogP contribution in [0.1, 0.15) is 43.9 Å². The van der Waals surface area contributed by atoms with Gasteiger partial charge in [0.2, 0.25) is 0 Å². The molecule has 2 atom stereocenters. The van der Waals surface area contributed by atoms with Crippen LogP contribution >= 0.6 is 0 Å². The second-order valence-corrected chi connectivity index (χ2v) is 13.0. The lowest BCUT2D eigenvalue weighted by molar-refractivity contribution is 0.0126. The molecule has 232 valence electrons. The molecule has 1 amide bonds. The number of anilines is 1. The van der Waals surface area contributed by atoms with E-state index in [2.05, 4.69) is 114 Å². The predicted octanol–water partition coefficient (Wildman–Crippen LogP) is 6.62. The van der Waals surface area contributed by atoms with Crippen molar-refractivity contribution in [2.45, 2.75) is 50.4 Å². The lowest BCUT2D eigenvalue weighted by Gasteiger charge is -2.41. The normalized spacial score (nSPS) is 17.4. The zero-order valence-corrected chi connectivity index (χ0v) is 26.7. The molecule has 2 aromatic heterocycles. The summed E-state index contributed by atoms with van der Waals surface area (Å²) < 4.78 is 8.02. The van der Waals surface area contributed by atoms with E-state index in [-0.39, 0.29) is 18.2 Å². The highest BCUT2D eigenvalue weighted by Crippen LogP contribution is 2.43. The van der Waals surface area contributed by atoms with Gasteiger partial charge in [-0.1, -0.05) is 91.0 Å². The molecule has 8 heteroatoms. The zero-order valence-electron chi connectivity index (χ0n) is 26.7. The van der Waals surface area contributed by atoms with Crippen LogP contribution in [0.5, 0.6) is 0 Å². The highest BCUT2D eigenvalue weighted by Gasteiger charge is 2.40. The van der Waals surface area contributed by atoms with E-state index in [1.54, 1.807) is 6.33 Å². The molecule has 1 N–H and O–H groups in total. The van der Waals surface area contributed by atoms with Gasteiger partial charge in [-0.05, 0) is 64.0 Å². The first-order chi connectivity index (χ1) is 21.7. The van der Waals surface area contributed by atoms with Gasteiger partial charge in [0.15, 0.2) is 0 Å². The number of benzene rings is 3. The molecule has 3 heterocycles. The summed E-state index contributed by atoms with van der Waals surface area (Å²) in [5.41, 5.74) is 2.94. The van der Waals surface area contributed by atoms with Crippen LogP contribution in [0.4, 0.5) is 10.6 Å². The number of carbonyl (C=O) groups is 1. The Kier molecular flexibility index (Phi) is 8.34. The van der Waals surface area contributed by atoms with Crippen LogP contribution in [0, 0.1) is 0 Å². The lowest BCUT2D eigenvalue weighted by atomic mass is 9.76. The number of piperidine rings is 1. The molecule has 1 saturated heterocycles. The number of hydrogen-bond acceptors (Lipinski definition) is 6. The molecular weight excluding hydrogens is 560 g/mol. The molecule has 1 aliphatic rings. The van der Waals surface area contributed by atoms with E-state index in [1.807, 2.05) is 43.9 Å². The molecule has 0 saturated carbocycles. The summed E-state index contributed by atoms with van der Waals surface area (Å²) in [6.45, 7) is 6.83. The summed E-state index contributed by atoms with van der Waals surface area (Å²) in [7, 11) is 4.11. The van der Waals surface area contributed by atoms with E-state index < -0.39 is 11.1 Å². The van der Waals surface area contributed by atoms with Gasteiger partial charge in [0.25, 0.3) is 0 Å². The Morgan fingerprint density at radius 1 is 0.822 bits per heavy atom. The SMILES string of the molecule is CN(C)[C@H]1C[C@@H](Nc2ncnc3c2ccn3C(c2ccccc2)(c2ccccc2)c2ccccc2)CN(C(=O)OC(C)(C)C)C1. The Morgan fingerprint density at radius 2 is 1.38 bits per heavy atom. The third-order valence-corrected chi connectivity index (χ3v) is 8.57. The first-order valence-corrected chi connectivity index (χ1v) is 15.6. The Bertz CT molecular complexity index is 1630. The van der Waals surface area contributed by atoms with Crippen LogP contribution in [0.25, 0.3) is 11.0 Å². The van der Waals surface area contributed by atoms with Crippen molar-refractivity contribution in [2.24, 2.45) is 0 Å². The second-order valence-electron chi connectivity index (χ2n) is 13.0. The van der Waals surface area contributed by atoms with Crippen molar-refractivity contribution in [3.8, 4) is 0 Å². The van der Waals surface area contributed by atoms with Gasteiger partial charge in [-0.2, -0.15) is 0 Å². The van der Waals surface area contributed by atoms with Crippen molar-refractivity contribution in [3.63, 3.8) is 0 Å². The third kappa shape index (κ3) is 6.02. The number of nitrogens with zero attached hydrogens (tertiary/aromatic N) is 5. The molecular formula is C37H42N6O2. The fourth-order valence-corrected chi connectivity index (χ4v) is 6.51. The quantitative estimate of drug-likeness (QED) is 0.211. The number of ether oxygens (including phenoxy) is 1. The number of amides is 1. The van der Waals surface area contributed by atoms with Gasteiger partial charge in [0.05, 0.1) is 5.39 Å². The van der Waals surface area contributed by atoms with Crippen molar-refractivity contribution < 1.29 is 9.53 Å². The molecule has 1 aliphatic heterocycles. The van der Waals surface area contributed by atoms with Crippen LogP contribution in [-0.2, 0) is 10.3 Å². The maximum absolute atomic E-state index is 13.1. The Balaban J connectivity index is 1.45. The highest BCUT2D eigenvalue weighted by atomic mass is 16.6. The number of aromatic nitrogens is 3. The van der Waals surface area contributed by atoms with Crippen LogP contribution in [0.3, 0.4) is 0 Å². The van der Waals surface area contributed by atoms with Gasteiger partial charge in [0.1, 0.15) is 28.9 Å². The number of rotatable bonds is 7. The zero-order chi connectivity index (χ0) is 31.6. The largest absolute Gasteiger partial charge is 0.444 e. The fraction of sp³-hybridized carbons (Fsp3) is 0.324. The molecule has 8 nitrogen and oxygen atoms in total. The second kappa shape index (κ2) is 12.4. The number of carbonyl (C=O) groups excluding carboxylic acids is 1. The molecule has 0 aliphatic carbocycles. The summed E-state index contributed by atoms with van der Waals surface area (Å²) in [6, 6.07) is 34.0. The van der Waals surface area contributed by atoms with Crippen molar-refractivity contribution in [1.82, 2.24) is 24.3 Å². The summed E-state index contributed by atoms with van der Waals surface area (Å²) >= 11 is 0. The maximum Gasteiger partial charge on any atom is 0.410 e. The van der Waals surface area contributed by atoms with Crippen molar-refractivity contribution in [1.29, 1.82) is 0 Å². The minimum absolute atomic E-state index is 0.0257. The minimum atomic E-state index is -0.689. The molecule has 0 spiro atoms. The monoisotopic (exact) mass is 602 g/mol. The van der Waals surface area contributed by atoms with Crippen LogP contribution in [0.2, 0.25) is 0 Å². The van der Waals surface area contributed by atoms with E-state index in [9.17, 15) is 4.79 Å². The molecule has 1 fully saturated rings. The van der Waals surface area contributed by atoms with Gasteiger partial charge < -0.3 is 24.4 Å². The van der Waals surface area contributed by atoms with Gasteiger partial charge in [-0.3, -0.25) is 0 Å².